The van der Waals surface area contributed by atoms with Crippen LogP contribution in [-0.2, 0) is 17.8 Å². The first-order valence-electron chi connectivity index (χ1n) is 11.0. The van der Waals surface area contributed by atoms with E-state index < -0.39 is 6.10 Å². The molecule has 2 aromatic rings. The van der Waals surface area contributed by atoms with Crippen molar-refractivity contribution in [2.75, 3.05) is 26.7 Å². The Bertz CT molecular complexity index is 761. The summed E-state index contributed by atoms with van der Waals surface area (Å²) < 4.78 is 17.3. The first kappa shape index (κ1) is 21.3. The Morgan fingerprint density at radius 1 is 1.17 bits per heavy atom. The average molecular weight is 416 g/mol. The number of likely N-dealkylation sites (tertiary alicyclic amines) is 1. The summed E-state index contributed by atoms with van der Waals surface area (Å²) in [5, 5.41) is 18.2. The van der Waals surface area contributed by atoms with Crippen LogP contribution in [0.3, 0.4) is 0 Å². The number of hydrogen-bond donors (Lipinski definition) is 2. The van der Waals surface area contributed by atoms with Gasteiger partial charge in [-0.05, 0) is 58.0 Å². The summed E-state index contributed by atoms with van der Waals surface area (Å²) in [6.45, 7) is 3.29. The van der Waals surface area contributed by atoms with Gasteiger partial charge in [-0.1, -0.05) is 23.4 Å². The maximum absolute atomic E-state index is 10.4. The van der Waals surface area contributed by atoms with Gasteiger partial charge in [-0.2, -0.15) is 0 Å². The van der Waals surface area contributed by atoms with Crippen LogP contribution < -0.4 is 10.1 Å². The number of nitrogens with one attached hydrogen (secondary N) is 1. The zero-order valence-corrected chi connectivity index (χ0v) is 17.7. The molecule has 4 rings (SSSR count). The van der Waals surface area contributed by atoms with Gasteiger partial charge < -0.3 is 29.3 Å². The van der Waals surface area contributed by atoms with E-state index in [4.69, 9.17) is 14.0 Å². The summed E-state index contributed by atoms with van der Waals surface area (Å²) >= 11 is 0. The van der Waals surface area contributed by atoms with Crippen LogP contribution in [0.2, 0.25) is 0 Å². The molecule has 0 amide bonds. The zero-order valence-electron chi connectivity index (χ0n) is 17.7. The maximum Gasteiger partial charge on any atom is 0.174 e. The molecule has 2 aliphatic rings. The van der Waals surface area contributed by atoms with Gasteiger partial charge >= 0.3 is 0 Å². The summed E-state index contributed by atoms with van der Waals surface area (Å²) in [6.07, 6.45) is 4.03. The number of piperidine rings is 1. The molecule has 1 aromatic heterocycles. The SMILES string of the molecule is CN1CCC(NCC2OC(Cc3cc(COc4ccccc4)on3)CCC2O)CC1. The second kappa shape index (κ2) is 10.4. The molecule has 164 valence electrons. The number of hydrogen-bond acceptors (Lipinski definition) is 7. The molecule has 3 unspecified atom stereocenters. The van der Waals surface area contributed by atoms with Crippen molar-refractivity contribution in [3.8, 4) is 5.75 Å². The molecule has 2 aliphatic heterocycles. The number of benzene rings is 1. The minimum atomic E-state index is -0.410. The van der Waals surface area contributed by atoms with Gasteiger partial charge in [-0.25, -0.2) is 0 Å². The van der Waals surface area contributed by atoms with Gasteiger partial charge in [0.2, 0.25) is 0 Å². The summed E-state index contributed by atoms with van der Waals surface area (Å²) in [5.41, 5.74) is 0.866. The Labute approximate surface area is 178 Å². The van der Waals surface area contributed by atoms with Crippen molar-refractivity contribution in [2.24, 2.45) is 0 Å². The van der Waals surface area contributed by atoms with Gasteiger partial charge in [0.05, 0.1) is 24.0 Å². The monoisotopic (exact) mass is 415 g/mol. The second-order valence-corrected chi connectivity index (χ2v) is 8.52. The number of aliphatic hydroxyl groups excluding tert-OH is 1. The van der Waals surface area contributed by atoms with Crippen molar-refractivity contribution in [3.05, 3.63) is 47.9 Å². The minimum Gasteiger partial charge on any atom is -0.486 e. The minimum absolute atomic E-state index is 0.0469. The number of nitrogens with zero attached hydrogens (tertiary/aromatic N) is 2. The quantitative estimate of drug-likeness (QED) is 0.685. The Kier molecular flexibility index (Phi) is 7.38. The van der Waals surface area contributed by atoms with E-state index in [9.17, 15) is 5.11 Å². The first-order chi connectivity index (χ1) is 14.7. The van der Waals surface area contributed by atoms with E-state index in [0.717, 1.165) is 50.2 Å². The molecule has 1 aromatic carbocycles. The highest BCUT2D eigenvalue weighted by Crippen LogP contribution is 2.23. The molecule has 7 heteroatoms. The Morgan fingerprint density at radius 3 is 2.77 bits per heavy atom. The summed E-state index contributed by atoms with van der Waals surface area (Å²) in [7, 11) is 2.16. The van der Waals surface area contributed by atoms with Crippen molar-refractivity contribution in [3.63, 3.8) is 0 Å². The second-order valence-electron chi connectivity index (χ2n) is 8.52. The van der Waals surface area contributed by atoms with E-state index in [-0.39, 0.29) is 12.2 Å². The molecular weight excluding hydrogens is 382 g/mol. The predicted octanol–water partition coefficient (Wildman–Crippen LogP) is 2.39. The van der Waals surface area contributed by atoms with Crippen LogP contribution in [0.5, 0.6) is 5.75 Å². The number of aromatic nitrogens is 1. The molecule has 0 radical (unpaired) electrons. The van der Waals surface area contributed by atoms with E-state index in [1.54, 1.807) is 0 Å². The summed E-state index contributed by atoms with van der Waals surface area (Å²) in [4.78, 5) is 2.36. The third-order valence-electron chi connectivity index (χ3n) is 6.08. The fourth-order valence-corrected chi connectivity index (χ4v) is 4.20. The first-order valence-corrected chi connectivity index (χ1v) is 11.0. The lowest BCUT2D eigenvalue weighted by molar-refractivity contribution is -0.115. The largest absolute Gasteiger partial charge is 0.486 e. The maximum atomic E-state index is 10.4. The third kappa shape index (κ3) is 6.04. The van der Waals surface area contributed by atoms with Crippen molar-refractivity contribution < 1.29 is 19.1 Å². The predicted molar refractivity (Wildman–Crippen MR) is 113 cm³/mol. The van der Waals surface area contributed by atoms with Crippen LogP contribution in [0.25, 0.3) is 0 Å². The molecule has 0 bridgehead atoms. The van der Waals surface area contributed by atoms with Crippen LogP contribution in [-0.4, -0.2) is 66.2 Å². The number of ether oxygens (including phenoxy) is 2. The van der Waals surface area contributed by atoms with E-state index in [1.165, 1.54) is 0 Å². The van der Waals surface area contributed by atoms with Crippen molar-refractivity contribution in [1.29, 1.82) is 0 Å². The normalized spacial score (nSPS) is 26.0. The lowest BCUT2D eigenvalue weighted by Crippen LogP contribution is -2.49. The lowest BCUT2D eigenvalue weighted by Gasteiger charge is -2.36. The molecule has 2 saturated heterocycles. The standard InChI is InChI=1S/C23H33N3O4/c1-26-11-9-17(10-12-26)24-15-23-22(27)8-7-20(29-23)13-18-14-21(30-25-18)16-28-19-5-3-2-4-6-19/h2-6,14,17,20,22-24,27H,7-13,15-16H2,1H3. The Balaban J connectivity index is 1.23. The van der Waals surface area contributed by atoms with Gasteiger partial charge in [0, 0.05) is 25.1 Å². The van der Waals surface area contributed by atoms with Crippen molar-refractivity contribution in [1.82, 2.24) is 15.4 Å². The van der Waals surface area contributed by atoms with Gasteiger partial charge in [-0.15, -0.1) is 0 Å². The molecule has 2 N–H and O–H groups in total. The molecule has 30 heavy (non-hydrogen) atoms. The van der Waals surface area contributed by atoms with E-state index in [0.29, 0.717) is 31.4 Å². The summed E-state index contributed by atoms with van der Waals surface area (Å²) in [5.74, 6) is 1.50. The molecule has 7 nitrogen and oxygen atoms in total. The number of rotatable bonds is 8. The molecule has 0 spiro atoms. The smallest absolute Gasteiger partial charge is 0.174 e. The lowest BCUT2D eigenvalue weighted by atomic mass is 9.97. The van der Waals surface area contributed by atoms with Crippen molar-refractivity contribution >= 4 is 0 Å². The van der Waals surface area contributed by atoms with E-state index >= 15 is 0 Å². The Hall–Kier alpha value is -1.93. The fourth-order valence-electron chi connectivity index (χ4n) is 4.20. The van der Waals surface area contributed by atoms with Crippen LogP contribution in [0.1, 0.15) is 37.1 Å². The Morgan fingerprint density at radius 2 is 1.97 bits per heavy atom. The van der Waals surface area contributed by atoms with E-state index in [2.05, 4.69) is 22.4 Å². The highest BCUT2D eigenvalue weighted by atomic mass is 16.5. The van der Waals surface area contributed by atoms with Crippen LogP contribution >= 0.6 is 0 Å². The molecule has 3 atom stereocenters. The van der Waals surface area contributed by atoms with Gasteiger partial charge in [0.15, 0.2) is 5.76 Å². The van der Waals surface area contributed by atoms with Crippen LogP contribution in [0, 0.1) is 0 Å². The topological polar surface area (TPSA) is 80.0 Å². The highest BCUT2D eigenvalue weighted by molar-refractivity contribution is 5.21. The zero-order chi connectivity index (χ0) is 20.8. The molecule has 2 fully saturated rings. The number of para-hydroxylation sites is 1. The number of aliphatic hydroxyl groups is 1. The van der Waals surface area contributed by atoms with Gasteiger partial charge in [0.1, 0.15) is 12.4 Å². The van der Waals surface area contributed by atoms with Crippen molar-refractivity contribution in [2.45, 2.75) is 63.1 Å². The average Bonchev–Trinajstić information content (AvgIpc) is 3.22. The van der Waals surface area contributed by atoms with E-state index in [1.807, 2.05) is 36.4 Å². The molecular formula is C23H33N3O4. The highest BCUT2D eigenvalue weighted by Gasteiger charge is 2.31. The molecule has 0 aliphatic carbocycles. The molecule has 0 saturated carbocycles. The van der Waals surface area contributed by atoms with Gasteiger partial charge in [-0.3, -0.25) is 0 Å². The third-order valence-corrected chi connectivity index (χ3v) is 6.08. The fraction of sp³-hybridized carbons (Fsp3) is 0.609. The van der Waals surface area contributed by atoms with Crippen LogP contribution in [0.4, 0.5) is 0 Å². The molecule has 3 heterocycles. The summed E-state index contributed by atoms with van der Waals surface area (Å²) in [6, 6.07) is 12.1. The van der Waals surface area contributed by atoms with Gasteiger partial charge in [0.25, 0.3) is 0 Å². The van der Waals surface area contributed by atoms with Crippen LogP contribution in [0.15, 0.2) is 40.9 Å².